The molecule has 1 aliphatic carbocycles. The number of halogens is 1. The van der Waals surface area contributed by atoms with Gasteiger partial charge in [-0.2, -0.15) is 11.8 Å². The van der Waals surface area contributed by atoms with Crippen molar-refractivity contribution in [2.45, 2.75) is 44.7 Å². The van der Waals surface area contributed by atoms with E-state index in [1.165, 1.54) is 55.2 Å². The van der Waals surface area contributed by atoms with Crippen molar-refractivity contribution < 1.29 is 0 Å². The lowest BCUT2D eigenvalue weighted by molar-refractivity contribution is 0.107. The van der Waals surface area contributed by atoms with Crippen LogP contribution in [0.4, 0.5) is 0 Å². The Morgan fingerprint density at radius 2 is 2.00 bits per heavy atom. The topological polar surface area (TPSA) is 39.7 Å². The van der Waals surface area contributed by atoms with Gasteiger partial charge in [-0.15, -0.1) is 35.3 Å². The number of aliphatic imine (C=N–C) groups is 1. The Morgan fingerprint density at radius 1 is 1.24 bits per heavy atom. The third kappa shape index (κ3) is 6.01. The van der Waals surface area contributed by atoms with Crippen molar-refractivity contribution in [2.75, 3.05) is 37.7 Å². The van der Waals surface area contributed by atoms with Crippen LogP contribution < -0.4 is 10.6 Å². The molecule has 142 valence electrons. The van der Waals surface area contributed by atoms with E-state index in [1.54, 1.807) is 11.3 Å². The molecule has 0 atom stereocenters. The van der Waals surface area contributed by atoms with Gasteiger partial charge in [0.15, 0.2) is 5.96 Å². The quantitative estimate of drug-likeness (QED) is 0.359. The number of rotatable bonds is 6. The second-order valence-electron chi connectivity index (χ2n) is 6.66. The Morgan fingerprint density at radius 3 is 2.64 bits per heavy atom. The zero-order valence-corrected chi connectivity index (χ0v) is 19.1. The van der Waals surface area contributed by atoms with Crippen molar-refractivity contribution in [3.63, 3.8) is 0 Å². The second kappa shape index (κ2) is 11.0. The molecule has 2 N–H and O–H groups in total. The van der Waals surface area contributed by atoms with Crippen LogP contribution in [0.1, 0.15) is 37.5 Å². The minimum absolute atomic E-state index is 0. The molecule has 0 bridgehead atoms. The molecule has 25 heavy (non-hydrogen) atoms. The Kier molecular flexibility index (Phi) is 9.37. The smallest absolute Gasteiger partial charge is 0.191 e. The zero-order chi connectivity index (χ0) is 16.7. The fourth-order valence-electron chi connectivity index (χ4n) is 3.83. The summed E-state index contributed by atoms with van der Waals surface area (Å²) in [5.41, 5.74) is 0.347. The lowest BCUT2D eigenvalue weighted by Gasteiger charge is -2.43. The SMILES string of the molecule is CCNC(=NCc1cccs1)NCC1(N2CCSCC2)CCCC1.I. The highest BCUT2D eigenvalue weighted by Gasteiger charge is 2.39. The Bertz CT molecular complexity index is 509. The molecule has 0 aromatic carbocycles. The first-order valence-corrected chi connectivity index (χ1v) is 11.2. The number of nitrogens with one attached hydrogen (secondary N) is 2. The Hall–Kier alpha value is 0.01000. The van der Waals surface area contributed by atoms with Crippen molar-refractivity contribution in [1.29, 1.82) is 0 Å². The highest BCUT2D eigenvalue weighted by molar-refractivity contribution is 14.0. The maximum atomic E-state index is 4.78. The van der Waals surface area contributed by atoms with E-state index in [4.69, 9.17) is 4.99 Å². The van der Waals surface area contributed by atoms with Gasteiger partial charge in [0.25, 0.3) is 0 Å². The van der Waals surface area contributed by atoms with Gasteiger partial charge in [-0.1, -0.05) is 18.9 Å². The van der Waals surface area contributed by atoms with Gasteiger partial charge in [-0.3, -0.25) is 4.90 Å². The van der Waals surface area contributed by atoms with Gasteiger partial charge in [0, 0.05) is 48.1 Å². The fourth-order valence-corrected chi connectivity index (χ4v) is 5.36. The molecule has 0 radical (unpaired) electrons. The molecule has 1 saturated heterocycles. The third-order valence-electron chi connectivity index (χ3n) is 5.12. The second-order valence-corrected chi connectivity index (χ2v) is 8.92. The molecule has 2 aliphatic rings. The molecule has 3 rings (SSSR count). The number of nitrogens with zero attached hydrogens (tertiary/aromatic N) is 2. The van der Waals surface area contributed by atoms with Crippen molar-refractivity contribution in [1.82, 2.24) is 15.5 Å². The van der Waals surface area contributed by atoms with Crippen LogP contribution in [0, 0.1) is 0 Å². The van der Waals surface area contributed by atoms with Crippen LogP contribution >= 0.6 is 47.1 Å². The van der Waals surface area contributed by atoms with Crippen molar-refractivity contribution >= 4 is 53.0 Å². The molecule has 0 amide bonds. The normalized spacial score (nSPS) is 20.9. The first-order chi connectivity index (χ1) is 11.8. The zero-order valence-electron chi connectivity index (χ0n) is 15.1. The van der Waals surface area contributed by atoms with E-state index in [0.717, 1.165) is 25.6 Å². The molecule has 2 fully saturated rings. The predicted octanol–water partition coefficient (Wildman–Crippen LogP) is 3.78. The first kappa shape index (κ1) is 21.3. The van der Waals surface area contributed by atoms with E-state index in [-0.39, 0.29) is 24.0 Å². The molecule has 1 aromatic heterocycles. The number of hydrogen-bond acceptors (Lipinski definition) is 4. The average molecular weight is 495 g/mol. The summed E-state index contributed by atoms with van der Waals surface area (Å²) in [6.07, 6.45) is 5.40. The Labute approximate surface area is 177 Å². The molecular weight excluding hydrogens is 463 g/mol. The standard InChI is InChI=1S/C18H30N4S2.HI/c1-2-19-17(20-14-16-6-5-11-24-16)21-15-18(7-3-4-8-18)22-9-12-23-13-10-22;/h5-6,11H,2-4,7-10,12-15H2,1H3,(H2,19,20,21);1H. The van der Waals surface area contributed by atoms with Gasteiger partial charge < -0.3 is 10.6 Å². The fraction of sp³-hybridized carbons (Fsp3) is 0.722. The van der Waals surface area contributed by atoms with Gasteiger partial charge in [0.2, 0.25) is 0 Å². The molecule has 0 spiro atoms. The number of thioether (sulfide) groups is 1. The summed E-state index contributed by atoms with van der Waals surface area (Å²) >= 11 is 3.87. The van der Waals surface area contributed by atoms with Gasteiger partial charge in [0.05, 0.1) is 6.54 Å². The molecule has 0 unspecified atom stereocenters. The minimum atomic E-state index is 0. The predicted molar refractivity (Wildman–Crippen MR) is 123 cm³/mol. The van der Waals surface area contributed by atoms with Crippen LogP contribution in [0.15, 0.2) is 22.5 Å². The van der Waals surface area contributed by atoms with E-state index in [1.807, 2.05) is 0 Å². The maximum absolute atomic E-state index is 4.78. The molecule has 7 heteroatoms. The number of guanidine groups is 1. The molecule has 1 aliphatic heterocycles. The van der Waals surface area contributed by atoms with Crippen molar-refractivity contribution in [2.24, 2.45) is 4.99 Å². The molecule has 4 nitrogen and oxygen atoms in total. The van der Waals surface area contributed by atoms with Crippen LogP contribution in [0.3, 0.4) is 0 Å². The van der Waals surface area contributed by atoms with Crippen LogP contribution in [0.5, 0.6) is 0 Å². The van der Waals surface area contributed by atoms with Gasteiger partial charge in [0.1, 0.15) is 0 Å². The van der Waals surface area contributed by atoms with Crippen LogP contribution in [-0.2, 0) is 6.54 Å². The van der Waals surface area contributed by atoms with Crippen LogP contribution in [0.25, 0.3) is 0 Å². The highest BCUT2D eigenvalue weighted by Crippen LogP contribution is 2.36. The summed E-state index contributed by atoms with van der Waals surface area (Å²) in [5.74, 6) is 3.53. The third-order valence-corrected chi connectivity index (χ3v) is 6.92. The lowest BCUT2D eigenvalue weighted by atomic mass is 9.94. The van der Waals surface area contributed by atoms with E-state index in [9.17, 15) is 0 Å². The summed E-state index contributed by atoms with van der Waals surface area (Å²) in [6, 6.07) is 4.25. The van der Waals surface area contributed by atoms with E-state index < -0.39 is 0 Å². The monoisotopic (exact) mass is 494 g/mol. The van der Waals surface area contributed by atoms with Gasteiger partial charge >= 0.3 is 0 Å². The van der Waals surface area contributed by atoms with Crippen LogP contribution in [-0.4, -0.2) is 54.1 Å². The molecule has 2 heterocycles. The van der Waals surface area contributed by atoms with E-state index in [0.29, 0.717) is 5.54 Å². The maximum Gasteiger partial charge on any atom is 0.191 e. The highest BCUT2D eigenvalue weighted by atomic mass is 127. The van der Waals surface area contributed by atoms with Gasteiger partial charge in [-0.25, -0.2) is 4.99 Å². The van der Waals surface area contributed by atoms with Crippen molar-refractivity contribution in [3.8, 4) is 0 Å². The van der Waals surface area contributed by atoms with E-state index in [2.05, 4.69) is 51.7 Å². The molecule has 1 saturated carbocycles. The summed E-state index contributed by atoms with van der Waals surface area (Å²) in [7, 11) is 0. The molecule has 1 aromatic rings. The first-order valence-electron chi connectivity index (χ1n) is 9.20. The minimum Gasteiger partial charge on any atom is -0.357 e. The summed E-state index contributed by atoms with van der Waals surface area (Å²) < 4.78 is 0. The number of thiophene rings is 1. The van der Waals surface area contributed by atoms with Crippen LogP contribution in [0.2, 0.25) is 0 Å². The van der Waals surface area contributed by atoms with Crippen molar-refractivity contribution in [3.05, 3.63) is 22.4 Å². The molecular formula is C18H31IN4S2. The largest absolute Gasteiger partial charge is 0.357 e. The van der Waals surface area contributed by atoms with E-state index >= 15 is 0 Å². The number of hydrogen-bond donors (Lipinski definition) is 2. The average Bonchev–Trinajstić information content (AvgIpc) is 3.31. The summed E-state index contributed by atoms with van der Waals surface area (Å²) in [5, 5.41) is 9.19. The lowest BCUT2D eigenvalue weighted by Crippen LogP contribution is -2.57. The summed E-state index contributed by atoms with van der Waals surface area (Å²) in [6.45, 7) is 7.32. The van der Waals surface area contributed by atoms with Gasteiger partial charge in [-0.05, 0) is 31.2 Å². The Balaban J connectivity index is 0.00000225. The summed E-state index contributed by atoms with van der Waals surface area (Å²) in [4.78, 5) is 8.85.